The van der Waals surface area contributed by atoms with Gasteiger partial charge in [-0.2, -0.15) is 0 Å². The van der Waals surface area contributed by atoms with E-state index in [1.165, 1.54) is 0 Å². The Hall–Kier alpha value is -0.860. The Morgan fingerprint density at radius 2 is 1.80 bits per heavy atom. The van der Waals surface area contributed by atoms with Crippen LogP contribution >= 0.6 is 0 Å². The minimum absolute atomic E-state index is 0.194. The Labute approximate surface area is 91.2 Å². The van der Waals surface area contributed by atoms with Crippen LogP contribution in [0.1, 0.15) is 24.7 Å². The first-order valence-corrected chi connectivity index (χ1v) is 5.38. The van der Waals surface area contributed by atoms with E-state index in [1.54, 1.807) is 0 Å². The highest BCUT2D eigenvalue weighted by molar-refractivity contribution is 5.16. The SMILES string of the molecule is [CH]CCC1COC(c2ccccc2)OC1. The van der Waals surface area contributed by atoms with Crippen molar-refractivity contribution in [1.82, 2.24) is 0 Å². The van der Waals surface area contributed by atoms with Gasteiger partial charge in [0.2, 0.25) is 0 Å². The maximum absolute atomic E-state index is 5.65. The first-order valence-electron chi connectivity index (χ1n) is 5.38. The maximum Gasteiger partial charge on any atom is 0.183 e. The van der Waals surface area contributed by atoms with E-state index in [0.717, 1.165) is 25.2 Å². The molecule has 15 heavy (non-hydrogen) atoms. The summed E-state index contributed by atoms with van der Waals surface area (Å²) in [5.74, 6) is 0.454. The third kappa shape index (κ3) is 2.80. The van der Waals surface area contributed by atoms with Crippen LogP contribution in [-0.4, -0.2) is 13.2 Å². The van der Waals surface area contributed by atoms with Gasteiger partial charge in [-0.25, -0.2) is 0 Å². The van der Waals surface area contributed by atoms with Crippen molar-refractivity contribution in [2.24, 2.45) is 5.92 Å². The summed E-state index contributed by atoms with van der Waals surface area (Å²) >= 11 is 0. The van der Waals surface area contributed by atoms with E-state index in [4.69, 9.17) is 16.4 Å². The largest absolute Gasteiger partial charge is 0.348 e. The normalized spacial score (nSPS) is 26.5. The molecule has 1 heterocycles. The van der Waals surface area contributed by atoms with Crippen molar-refractivity contribution >= 4 is 0 Å². The van der Waals surface area contributed by atoms with Crippen molar-refractivity contribution < 1.29 is 9.47 Å². The summed E-state index contributed by atoms with van der Waals surface area (Å²) in [6, 6.07) is 10.0. The summed E-state index contributed by atoms with van der Waals surface area (Å²) in [6.45, 7) is 6.99. The third-order valence-corrected chi connectivity index (χ3v) is 2.61. The molecule has 1 fully saturated rings. The van der Waals surface area contributed by atoms with Crippen LogP contribution in [0.2, 0.25) is 0 Å². The number of benzene rings is 1. The van der Waals surface area contributed by atoms with Gasteiger partial charge < -0.3 is 9.47 Å². The molecule has 0 unspecified atom stereocenters. The van der Waals surface area contributed by atoms with Crippen LogP contribution in [0.4, 0.5) is 0 Å². The second-order valence-corrected chi connectivity index (χ2v) is 3.85. The molecule has 1 aliphatic rings. The van der Waals surface area contributed by atoms with Gasteiger partial charge in [0.15, 0.2) is 6.29 Å². The number of rotatable bonds is 3. The molecule has 0 spiro atoms. The molecule has 0 saturated carbocycles. The molecule has 1 aromatic carbocycles. The molecule has 0 aliphatic carbocycles. The predicted octanol–water partition coefficient (Wildman–Crippen LogP) is 2.84. The molecule has 0 aromatic heterocycles. The highest BCUT2D eigenvalue weighted by atomic mass is 16.7. The summed E-state index contributed by atoms with van der Waals surface area (Å²) < 4.78 is 11.3. The minimum atomic E-state index is -0.194. The molecule has 2 heteroatoms. The van der Waals surface area contributed by atoms with E-state index in [9.17, 15) is 0 Å². The maximum atomic E-state index is 5.65. The molecule has 1 aromatic rings. The zero-order valence-corrected chi connectivity index (χ0v) is 8.76. The molecule has 0 amide bonds. The van der Waals surface area contributed by atoms with Gasteiger partial charge in [0, 0.05) is 11.5 Å². The zero-order valence-electron chi connectivity index (χ0n) is 8.76. The Morgan fingerprint density at radius 1 is 1.13 bits per heavy atom. The van der Waals surface area contributed by atoms with Gasteiger partial charge in [-0.05, 0) is 19.8 Å². The average molecular weight is 204 g/mol. The van der Waals surface area contributed by atoms with Crippen LogP contribution in [0.25, 0.3) is 0 Å². The van der Waals surface area contributed by atoms with Crippen molar-refractivity contribution in [2.75, 3.05) is 13.2 Å². The highest BCUT2D eigenvalue weighted by Gasteiger charge is 2.22. The Kier molecular flexibility index (Phi) is 3.75. The molecule has 1 aliphatic heterocycles. The second-order valence-electron chi connectivity index (χ2n) is 3.85. The van der Waals surface area contributed by atoms with Crippen molar-refractivity contribution in [3.63, 3.8) is 0 Å². The number of hydrogen-bond donors (Lipinski definition) is 0. The van der Waals surface area contributed by atoms with Crippen LogP contribution in [0.5, 0.6) is 0 Å². The zero-order chi connectivity index (χ0) is 10.5. The Balaban J connectivity index is 1.88. The lowest BCUT2D eigenvalue weighted by Crippen LogP contribution is -2.26. The minimum Gasteiger partial charge on any atom is -0.348 e. The van der Waals surface area contributed by atoms with Crippen molar-refractivity contribution in [3.05, 3.63) is 42.8 Å². The molecule has 2 radical (unpaired) electrons. The van der Waals surface area contributed by atoms with Crippen LogP contribution in [-0.2, 0) is 9.47 Å². The van der Waals surface area contributed by atoms with E-state index in [2.05, 4.69) is 0 Å². The van der Waals surface area contributed by atoms with Crippen molar-refractivity contribution in [3.8, 4) is 0 Å². The second kappa shape index (κ2) is 5.29. The fourth-order valence-corrected chi connectivity index (χ4v) is 1.75. The Morgan fingerprint density at radius 3 is 2.40 bits per heavy atom. The molecule has 0 N–H and O–H groups in total. The van der Waals surface area contributed by atoms with E-state index in [1.807, 2.05) is 30.3 Å². The summed E-state index contributed by atoms with van der Waals surface area (Å²) in [5, 5.41) is 0. The van der Waals surface area contributed by atoms with E-state index >= 15 is 0 Å². The van der Waals surface area contributed by atoms with Gasteiger partial charge in [-0.1, -0.05) is 30.3 Å². The summed E-state index contributed by atoms with van der Waals surface area (Å²) in [5.41, 5.74) is 1.09. The highest BCUT2D eigenvalue weighted by Crippen LogP contribution is 2.26. The first kappa shape index (κ1) is 10.7. The van der Waals surface area contributed by atoms with Crippen molar-refractivity contribution in [1.29, 1.82) is 0 Å². The Bertz CT molecular complexity index is 276. The lowest BCUT2D eigenvalue weighted by atomic mass is 10.1. The van der Waals surface area contributed by atoms with Gasteiger partial charge in [0.25, 0.3) is 0 Å². The van der Waals surface area contributed by atoms with E-state index in [0.29, 0.717) is 12.3 Å². The first-order chi connectivity index (χ1) is 7.40. The lowest BCUT2D eigenvalue weighted by Gasteiger charge is -2.29. The molecule has 0 atom stereocenters. The summed E-state index contributed by atoms with van der Waals surface area (Å²) in [6.07, 6.45) is 1.48. The molecular formula is C13H16O2. The van der Waals surface area contributed by atoms with Gasteiger partial charge >= 0.3 is 0 Å². The van der Waals surface area contributed by atoms with Gasteiger partial charge in [-0.15, -0.1) is 0 Å². The fraction of sp³-hybridized carbons (Fsp3) is 0.462. The van der Waals surface area contributed by atoms with Crippen LogP contribution in [0.15, 0.2) is 30.3 Å². The molecule has 0 bridgehead atoms. The topological polar surface area (TPSA) is 18.5 Å². The van der Waals surface area contributed by atoms with Crippen molar-refractivity contribution in [2.45, 2.75) is 19.1 Å². The molecule has 1 saturated heterocycles. The van der Waals surface area contributed by atoms with Gasteiger partial charge in [0.05, 0.1) is 13.2 Å². The molecule has 2 rings (SSSR count). The van der Waals surface area contributed by atoms with Crippen LogP contribution < -0.4 is 0 Å². The molecule has 2 nitrogen and oxygen atoms in total. The van der Waals surface area contributed by atoms with Gasteiger partial charge in [0.1, 0.15) is 0 Å². The number of ether oxygens (including phenoxy) is 2. The fourth-order valence-electron chi connectivity index (χ4n) is 1.75. The standard InChI is InChI=1S/C13H16O2/c1-2-6-11-9-14-13(15-10-11)12-7-4-3-5-8-12/h1,3-5,7-8,11,13H,2,6,9-10H2. The van der Waals surface area contributed by atoms with Crippen LogP contribution in [0.3, 0.4) is 0 Å². The smallest absolute Gasteiger partial charge is 0.183 e. The molecule has 80 valence electrons. The summed E-state index contributed by atoms with van der Waals surface area (Å²) in [7, 11) is 0. The number of hydrogen-bond acceptors (Lipinski definition) is 2. The van der Waals surface area contributed by atoms with Gasteiger partial charge in [-0.3, -0.25) is 0 Å². The monoisotopic (exact) mass is 204 g/mol. The van der Waals surface area contributed by atoms with E-state index in [-0.39, 0.29) is 6.29 Å². The summed E-state index contributed by atoms with van der Waals surface area (Å²) in [4.78, 5) is 0. The predicted molar refractivity (Wildman–Crippen MR) is 58.1 cm³/mol. The third-order valence-electron chi connectivity index (χ3n) is 2.61. The van der Waals surface area contributed by atoms with E-state index < -0.39 is 0 Å². The molecular weight excluding hydrogens is 188 g/mol. The van der Waals surface area contributed by atoms with Crippen LogP contribution in [0, 0.1) is 12.8 Å². The average Bonchev–Trinajstić information content (AvgIpc) is 2.32. The lowest BCUT2D eigenvalue weighted by molar-refractivity contribution is -0.205. The quantitative estimate of drug-likeness (QED) is 0.753.